The van der Waals surface area contributed by atoms with Crippen LogP contribution in [0.4, 0.5) is 4.79 Å². The van der Waals surface area contributed by atoms with Gasteiger partial charge in [0, 0.05) is 19.8 Å². The van der Waals surface area contributed by atoms with Crippen molar-refractivity contribution in [2.75, 3.05) is 26.4 Å². The van der Waals surface area contributed by atoms with Crippen LogP contribution in [0.3, 0.4) is 0 Å². The third-order valence-electron chi connectivity index (χ3n) is 3.03. The summed E-state index contributed by atoms with van der Waals surface area (Å²) in [7, 11) is -3.05. The van der Waals surface area contributed by atoms with Gasteiger partial charge in [-0.25, -0.2) is 4.79 Å². The van der Waals surface area contributed by atoms with Crippen molar-refractivity contribution >= 4 is 20.7 Å². The van der Waals surface area contributed by atoms with Gasteiger partial charge < -0.3 is 18.2 Å². The second kappa shape index (κ2) is 7.72. The number of imide groups is 1. The molecule has 116 valence electrons. The first-order valence-electron chi connectivity index (χ1n) is 7.06. The molecule has 1 fully saturated rings. The molecule has 8 heteroatoms. The van der Waals surface area contributed by atoms with E-state index in [9.17, 15) is 9.59 Å². The topological polar surface area (TPSA) is 77.1 Å². The molecule has 20 heavy (non-hydrogen) atoms. The van der Waals surface area contributed by atoms with E-state index in [0.717, 1.165) is 0 Å². The smallest absolute Gasteiger partial charge is 0.373 e. The normalized spacial score (nSPS) is 17.5. The van der Waals surface area contributed by atoms with Crippen molar-refractivity contribution in [1.29, 1.82) is 0 Å². The quantitative estimate of drug-likeness (QED) is 0.506. The predicted octanol–water partition coefficient (Wildman–Crippen LogP) is 0.904. The number of carbonyl (C=O) groups is 2. The molecule has 1 aliphatic heterocycles. The molecule has 0 aromatic heterocycles. The Balaban J connectivity index is 3.05. The van der Waals surface area contributed by atoms with Gasteiger partial charge >= 0.3 is 14.8 Å². The van der Waals surface area contributed by atoms with E-state index in [2.05, 4.69) is 5.32 Å². The maximum Gasteiger partial charge on any atom is 0.524 e. The van der Waals surface area contributed by atoms with Gasteiger partial charge in [0.2, 0.25) is 5.91 Å². The van der Waals surface area contributed by atoms with Gasteiger partial charge in [-0.3, -0.25) is 10.1 Å². The highest BCUT2D eigenvalue weighted by atomic mass is 28.4. The molecule has 1 heterocycles. The van der Waals surface area contributed by atoms with E-state index < -0.39 is 14.8 Å². The van der Waals surface area contributed by atoms with Gasteiger partial charge in [-0.1, -0.05) is 6.92 Å². The van der Waals surface area contributed by atoms with Gasteiger partial charge in [0.1, 0.15) is 12.2 Å². The molecule has 0 aromatic rings. The molecule has 1 rings (SSSR count). The van der Waals surface area contributed by atoms with Crippen molar-refractivity contribution < 1.29 is 22.9 Å². The molecule has 1 aliphatic rings. The van der Waals surface area contributed by atoms with Crippen LogP contribution in [-0.2, 0) is 18.1 Å². The Hall–Kier alpha value is -0.963. The summed E-state index contributed by atoms with van der Waals surface area (Å²) < 4.78 is 17.5. The molecule has 0 radical (unpaired) electrons. The van der Waals surface area contributed by atoms with E-state index >= 15 is 0 Å². The summed E-state index contributed by atoms with van der Waals surface area (Å²) >= 11 is 0. The van der Waals surface area contributed by atoms with Crippen LogP contribution in [0, 0.1) is 0 Å². The largest absolute Gasteiger partial charge is 0.524 e. The molecule has 1 saturated heterocycles. The SMILES string of the molecule is CCO[Si](OCC)(OCC)C(CC)N1CC(=O)NC1=O. The predicted molar refractivity (Wildman–Crippen MR) is 75.0 cm³/mol. The minimum atomic E-state index is -3.05. The van der Waals surface area contributed by atoms with Gasteiger partial charge in [-0.15, -0.1) is 0 Å². The summed E-state index contributed by atoms with van der Waals surface area (Å²) in [5, 5.41) is 2.28. The highest BCUT2D eigenvalue weighted by Gasteiger charge is 2.54. The highest BCUT2D eigenvalue weighted by Crippen LogP contribution is 2.24. The molecular weight excluding hydrogens is 280 g/mol. The maximum atomic E-state index is 11.9. The molecule has 0 aliphatic carbocycles. The van der Waals surface area contributed by atoms with E-state index in [-0.39, 0.29) is 18.1 Å². The van der Waals surface area contributed by atoms with Gasteiger partial charge in [-0.05, 0) is 27.2 Å². The van der Waals surface area contributed by atoms with E-state index in [1.807, 2.05) is 27.7 Å². The zero-order chi connectivity index (χ0) is 15.2. The third-order valence-corrected chi connectivity index (χ3v) is 6.64. The molecule has 0 saturated carbocycles. The van der Waals surface area contributed by atoms with Crippen molar-refractivity contribution in [2.24, 2.45) is 0 Å². The highest BCUT2D eigenvalue weighted by molar-refractivity contribution is 6.62. The third kappa shape index (κ3) is 3.57. The van der Waals surface area contributed by atoms with Crippen LogP contribution >= 0.6 is 0 Å². The van der Waals surface area contributed by atoms with Crippen molar-refractivity contribution in [1.82, 2.24) is 10.2 Å². The minimum absolute atomic E-state index is 0.0271. The number of hydrogen-bond acceptors (Lipinski definition) is 5. The Labute approximate surface area is 120 Å². The van der Waals surface area contributed by atoms with Gasteiger partial charge in [0.25, 0.3) is 0 Å². The Bertz CT molecular complexity index is 336. The van der Waals surface area contributed by atoms with Gasteiger partial charge in [0.05, 0.1) is 0 Å². The van der Waals surface area contributed by atoms with E-state index in [1.54, 1.807) is 0 Å². The zero-order valence-electron chi connectivity index (χ0n) is 12.6. The number of carbonyl (C=O) groups excluding carboxylic acids is 2. The summed E-state index contributed by atoms with van der Waals surface area (Å²) in [6.07, 6.45) is 0.604. The van der Waals surface area contributed by atoms with Crippen LogP contribution in [-0.4, -0.2) is 57.7 Å². The fourth-order valence-electron chi connectivity index (χ4n) is 2.39. The lowest BCUT2D eigenvalue weighted by Gasteiger charge is -2.38. The van der Waals surface area contributed by atoms with Gasteiger partial charge in [-0.2, -0.15) is 0 Å². The number of nitrogens with one attached hydrogen (secondary N) is 1. The lowest BCUT2D eigenvalue weighted by Crippen LogP contribution is -2.63. The van der Waals surface area contributed by atoms with Crippen molar-refractivity contribution in [3.05, 3.63) is 0 Å². The average molecular weight is 304 g/mol. The molecule has 1 atom stereocenters. The maximum absolute atomic E-state index is 11.9. The van der Waals surface area contributed by atoms with Crippen LogP contribution in [0.2, 0.25) is 0 Å². The fraction of sp³-hybridized carbons (Fsp3) is 0.833. The lowest BCUT2D eigenvalue weighted by molar-refractivity contribution is -0.118. The zero-order valence-corrected chi connectivity index (χ0v) is 13.6. The van der Waals surface area contributed by atoms with E-state index in [0.29, 0.717) is 26.2 Å². The number of hydrogen-bond donors (Lipinski definition) is 1. The molecule has 3 amide bonds. The molecule has 1 unspecified atom stereocenters. The van der Waals surface area contributed by atoms with Crippen molar-refractivity contribution in [3.8, 4) is 0 Å². The van der Waals surface area contributed by atoms with E-state index in [4.69, 9.17) is 13.3 Å². The Morgan fingerprint density at radius 1 is 1.10 bits per heavy atom. The first-order chi connectivity index (χ1) is 9.54. The molecule has 1 N–H and O–H groups in total. The summed E-state index contributed by atoms with van der Waals surface area (Å²) in [6.45, 7) is 8.86. The summed E-state index contributed by atoms with van der Waals surface area (Å²) in [5.41, 5.74) is -0.353. The molecule has 0 spiro atoms. The summed E-state index contributed by atoms with van der Waals surface area (Å²) in [4.78, 5) is 24.8. The van der Waals surface area contributed by atoms with Crippen molar-refractivity contribution in [3.63, 3.8) is 0 Å². The number of amides is 3. The number of nitrogens with zero attached hydrogens (tertiary/aromatic N) is 1. The molecule has 7 nitrogen and oxygen atoms in total. The second-order valence-electron chi connectivity index (χ2n) is 4.31. The Morgan fingerprint density at radius 3 is 1.90 bits per heavy atom. The summed E-state index contributed by atoms with van der Waals surface area (Å²) in [5.74, 6) is -0.305. The van der Waals surface area contributed by atoms with Crippen LogP contribution < -0.4 is 5.32 Å². The Morgan fingerprint density at radius 2 is 1.60 bits per heavy atom. The molecular formula is C12H24N2O5Si. The first kappa shape index (κ1) is 17.1. The minimum Gasteiger partial charge on any atom is -0.373 e. The average Bonchev–Trinajstić information content (AvgIpc) is 2.70. The lowest BCUT2D eigenvalue weighted by atomic mass is 10.4. The number of rotatable bonds is 9. The molecule has 0 bridgehead atoms. The number of urea groups is 1. The second-order valence-corrected chi connectivity index (χ2v) is 7.05. The van der Waals surface area contributed by atoms with Crippen LogP contribution in [0.15, 0.2) is 0 Å². The monoisotopic (exact) mass is 304 g/mol. The summed E-state index contributed by atoms with van der Waals surface area (Å²) in [6, 6.07) is -0.405. The van der Waals surface area contributed by atoms with Crippen molar-refractivity contribution in [2.45, 2.75) is 39.8 Å². The standard InChI is InChI=1S/C12H24N2O5Si/c1-5-11(14-9-10(15)13-12(14)16)20(17-6-2,18-7-3)19-8-4/h11H,5-9H2,1-4H3,(H,13,15,16). The van der Waals surface area contributed by atoms with Crippen LogP contribution in [0.5, 0.6) is 0 Å². The Kier molecular flexibility index (Phi) is 6.60. The molecule has 0 aromatic carbocycles. The first-order valence-corrected chi connectivity index (χ1v) is 8.87. The van der Waals surface area contributed by atoms with Crippen LogP contribution in [0.25, 0.3) is 0 Å². The van der Waals surface area contributed by atoms with Gasteiger partial charge in [0.15, 0.2) is 0 Å². The fourth-order valence-corrected chi connectivity index (χ4v) is 5.51. The van der Waals surface area contributed by atoms with E-state index in [1.165, 1.54) is 4.90 Å². The van der Waals surface area contributed by atoms with Crippen LogP contribution in [0.1, 0.15) is 34.1 Å².